The Balaban J connectivity index is 1.96. The fourth-order valence-corrected chi connectivity index (χ4v) is 5.58. The number of hydrogen-bond donors (Lipinski definition) is 0. The number of thiophene rings is 1. The van der Waals surface area contributed by atoms with Gasteiger partial charge in [0.05, 0.1) is 5.52 Å². The van der Waals surface area contributed by atoms with E-state index in [-0.39, 0.29) is 0 Å². The van der Waals surface area contributed by atoms with Gasteiger partial charge in [-0.25, -0.2) is 0 Å². The zero-order valence-electron chi connectivity index (χ0n) is 14.9. The van der Waals surface area contributed by atoms with E-state index in [1.54, 1.807) is 0 Å². The number of nitrogens with zero attached hydrogens (tertiary/aromatic N) is 1. The van der Waals surface area contributed by atoms with Gasteiger partial charge in [0, 0.05) is 49.1 Å². The lowest BCUT2D eigenvalue weighted by atomic mass is 9.98. The Bertz CT molecular complexity index is 1470. The standard InChI is InChI=1S/C25H17NS/c1-26-20-13-7-5-11-17(20)24-23-18-12-6-8-14-21(18)27-22(23)15-19(25(24)26)16-9-3-2-4-10-16/h2-15H,1H3. The van der Waals surface area contributed by atoms with Crippen molar-refractivity contribution in [2.45, 2.75) is 0 Å². The smallest absolute Gasteiger partial charge is 0.0575 e. The van der Waals surface area contributed by atoms with Crippen LogP contribution in [0.15, 0.2) is 84.9 Å². The van der Waals surface area contributed by atoms with Gasteiger partial charge in [0.1, 0.15) is 0 Å². The predicted molar refractivity (Wildman–Crippen MR) is 119 cm³/mol. The quantitative estimate of drug-likeness (QED) is 0.287. The molecule has 0 saturated heterocycles. The van der Waals surface area contributed by atoms with E-state index in [4.69, 9.17) is 0 Å². The van der Waals surface area contributed by atoms with Gasteiger partial charge in [0.2, 0.25) is 0 Å². The average molecular weight is 363 g/mol. The maximum Gasteiger partial charge on any atom is 0.0575 e. The molecule has 27 heavy (non-hydrogen) atoms. The van der Waals surface area contributed by atoms with Gasteiger partial charge in [-0.15, -0.1) is 11.3 Å². The molecule has 0 atom stereocenters. The van der Waals surface area contributed by atoms with Gasteiger partial charge in [0.25, 0.3) is 0 Å². The van der Waals surface area contributed by atoms with Gasteiger partial charge in [-0.3, -0.25) is 0 Å². The maximum absolute atomic E-state index is 2.39. The van der Waals surface area contributed by atoms with Gasteiger partial charge in [-0.2, -0.15) is 0 Å². The Labute approximate surface area is 161 Å². The van der Waals surface area contributed by atoms with Crippen LogP contribution in [0.4, 0.5) is 0 Å². The first-order valence-corrected chi connectivity index (χ1v) is 10.0. The second-order valence-corrected chi connectivity index (χ2v) is 8.15. The monoisotopic (exact) mass is 363 g/mol. The number of aryl methyl sites for hydroxylation is 1. The molecule has 0 aliphatic heterocycles. The molecule has 6 rings (SSSR count). The Hall–Kier alpha value is -3.10. The SMILES string of the molecule is Cn1c2ccccc2c2c3c(cc(-c4ccccc4)c21)sc1ccccc13. The van der Waals surface area contributed by atoms with Gasteiger partial charge < -0.3 is 4.57 Å². The molecule has 4 aromatic carbocycles. The highest BCUT2D eigenvalue weighted by molar-refractivity contribution is 7.26. The molecule has 0 N–H and O–H groups in total. The Morgan fingerprint density at radius 2 is 1.37 bits per heavy atom. The van der Waals surface area contributed by atoms with Crippen LogP contribution in [-0.4, -0.2) is 4.57 Å². The van der Waals surface area contributed by atoms with Crippen molar-refractivity contribution in [2.24, 2.45) is 7.05 Å². The van der Waals surface area contributed by atoms with Crippen molar-refractivity contribution >= 4 is 53.3 Å². The van der Waals surface area contributed by atoms with Crippen LogP contribution >= 0.6 is 11.3 Å². The minimum Gasteiger partial charge on any atom is -0.343 e. The molecule has 6 aromatic rings. The molecule has 0 aliphatic carbocycles. The molecule has 0 saturated carbocycles. The van der Waals surface area contributed by atoms with Crippen molar-refractivity contribution < 1.29 is 0 Å². The van der Waals surface area contributed by atoms with E-state index in [0.717, 1.165) is 0 Å². The zero-order chi connectivity index (χ0) is 18.0. The molecule has 2 aromatic heterocycles. The first-order valence-electron chi connectivity index (χ1n) is 9.20. The highest BCUT2D eigenvalue weighted by Gasteiger charge is 2.19. The second kappa shape index (κ2) is 5.45. The third-order valence-electron chi connectivity index (χ3n) is 5.60. The van der Waals surface area contributed by atoms with Gasteiger partial charge in [-0.1, -0.05) is 66.7 Å². The fraction of sp³-hybridized carbons (Fsp3) is 0.0400. The van der Waals surface area contributed by atoms with E-state index < -0.39 is 0 Å². The molecule has 128 valence electrons. The van der Waals surface area contributed by atoms with Crippen LogP contribution in [0.3, 0.4) is 0 Å². The van der Waals surface area contributed by atoms with Crippen molar-refractivity contribution in [1.29, 1.82) is 0 Å². The first kappa shape index (κ1) is 15.0. The maximum atomic E-state index is 2.39. The summed E-state index contributed by atoms with van der Waals surface area (Å²) in [6.07, 6.45) is 0. The molecule has 0 bridgehead atoms. The third-order valence-corrected chi connectivity index (χ3v) is 6.71. The van der Waals surface area contributed by atoms with Gasteiger partial charge in [-0.05, 0) is 23.8 Å². The molecule has 0 spiro atoms. The summed E-state index contributed by atoms with van der Waals surface area (Å²) in [7, 11) is 2.19. The molecule has 2 heteroatoms. The lowest BCUT2D eigenvalue weighted by Crippen LogP contribution is -1.90. The summed E-state index contributed by atoms with van der Waals surface area (Å²) in [5, 5.41) is 5.46. The van der Waals surface area contributed by atoms with Crippen molar-refractivity contribution in [1.82, 2.24) is 4.57 Å². The molecule has 0 radical (unpaired) electrons. The van der Waals surface area contributed by atoms with Crippen molar-refractivity contribution in [2.75, 3.05) is 0 Å². The molecule has 1 nitrogen and oxygen atoms in total. The van der Waals surface area contributed by atoms with Crippen LogP contribution in [0.2, 0.25) is 0 Å². The summed E-state index contributed by atoms with van der Waals surface area (Å²) in [6.45, 7) is 0. The second-order valence-electron chi connectivity index (χ2n) is 7.06. The lowest BCUT2D eigenvalue weighted by molar-refractivity contribution is 1.02. The Morgan fingerprint density at radius 3 is 2.22 bits per heavy atom. The predicted octanol–water partition coefficient (Wildman–Crippen LogP) is 7.37. The van der Waals surface area contributed by atoms with Crippen LogP contribution in [-0.2, 0) is 7.05 Å². The van der Waals surface area contributed by atoms with Crippen molar-refractivity contribution in [3.8, 4) is 11.1 Å². The summed E-state index contributed by atoms with van der Waals surface area (Å²) in [5.74, 6) is 0. The van der Waals surface area contributed by atoms with Gasteiger partial charge >= 0.3 is 0 Å². The summed E-state index contributed by atoms with van der Waals surface area (Å²) in [6, 6.07) is 30.7. The topological polar surface area (TPSA) is 4.93 Å². The van der Waals surface area contributed by atoms with Gasteiger partial charge in [0.15, 0.2) is 0 Å². The van der Waals surface area contributed by atoms with E-state index in [2.05, 4.69) is 96.5 Å². The first-order chi connectivity index (χ1) is 13.3. The van der Waals surface area contributed by atoms with Crippen molar-refractivity contribution in [3.63, 3.8) is 0 Å². The fourth-order valence-electron chi connectivity index (χ4n) is 4.42. The minimum absolute atomic E-state index is 1.27. The molecular weight excluding hydrogens is 346 g/mol. The third kappa shape index (κ3) is 1.99. The van der Waals surface area contributed by atoms with E-state index in [1.165, 1.54) is 53.1 Å². The summed E-state index contributed by atoms with van der Waals surface area (Å²) >= 11 is 1.89. The van der Waals surface area contributed by atoms with E-state index >= 15 is 0 Å². The highest BCUT2D eigenvalue weighted by Crippen LogP contribution is 2.45. The summed E-state index contributed by atoms with van der Waals surface area (Å²) < 4.78 is 5.07. The molecule has 0 amide bonds. The molecule has 0 aliphatic rings. The number of aromatic nitrogens is 1. The highest BCUT2D eigenvalue weighted by atomic mass is 32.1. The van der Waals surface area contributed by atoms with Crippen molar-refractivity contribution in [3.05, 3.63) is 84.9 Å². The minimum atomic E-state index is 1.27. The molecule has 2 heterocycles. The molecule has 0 unspecified atom stereocenters. The van der Waals surface area contributed by atoms with Crippen LogP contribution in [0.25, 0.3) is 53.1 Å². The van der Waals surface area contributed by atoms with Crippen LogP contribution in [0.5, 0.6) is 0 Å². The summed E-state index contributed by atoms with van der Waals surface area (Å²) in [5.41, 5.74) is 5.18. The molecular formula is C25H17NS. The number of benzene rings is 4. The molecule has 0 fully saturated rings. The Kier molecular flexibility index (Phi) is 3.03. The zero-order valence-corrected chi connectivity index (χ0v) is 15.8. The van der Waals surface area contributed by atoms with Crippen LogP contribution in [0, 0.1) is 0 Å². The number of para-hydroxylation sites is 1. The van der Waals surface area contributed by atoms with E-state index in [1.807, 2.05) is 11.3 Å². The number of hydrogen-bond acceptors (Lipinski definition) is 1. The van der Waals surface area contributed by atoms with Crippen LogP contribution in [0.1, 0.15) is 0 Å². The number of rotatable bonds is 1. The van der Waals surface area contributed by atoms with Crippen LogP contribution < -0.4 is 0 Å². The number of fused-ring (bicyclic) bond motifs is 7. The van der Waals surface area contributed by atoms with E-state index in [0.29, 0.717) is 0 Å². The Morgan fingerprint density at radius 1 is 0.667 bits per heavy atom. The van der Waals surface area contributed by atoms with E-state index in [9.17, 15) is 0 Å². The average Bonchev–Trinajstić information content (AvgIpc) is 3.24. The normalized spacial score (nSPS) is 11.9. The summed E-state index contributed by atoms with van der Waals surface area (Å²) in [4.78, 5) is 0. The lowest BCUT2D eigenvalue weighted by Gasteiger charge is -2.08. The largest absolute Gasteiger partial charge is 0.343 e.